The van der Waals surface area contributed by atoms with E-state index in [4.69, 9.17) is 0 Å². The van der Waals surface area contributed by atoms with Crippen LogP contribution in [0.5, 0.6) is 0 Å². The number of aromatic nitrogens is 1. The Hall–Kier alpha value is -1.62. The Morgan fingerprint density at radius 2 is 2.10 bits per heavy atom. The van der Waals surface area contributed by atoms with Crippen LogP contribution in [0.3, 0.4) is 0 Å². The predicted octanol–water partition coefficient (Wildman–Crippen LogP) is 2.25. The number of rotatable bonds is 9. The lowest BCUT2D eigenvalue weighted by Crippen LogP contribution is -2.39. The van der Waals surface area contributed by atoms with Gasteiger partial charge in [-0.15, -0.1) is 0 Å². The minimum Gasteiger partial charge on any atom is -0.370 e. The topological polar surface area (TPSA) is 57.3 Å². The van der Waals surface area contributed by atoms with Gasteiger partial charge in [-0.2, -0.15) is 0 Å². The first-order valence-corrected chi connectivity index (χ1v) is 7.75. The number of nitrogens with one attached hydrogen (secondary N) is 2. The van der Waals surface area contributed by atoms with Gasteiger partial charge in [-0.3, -0.25) is 9.69 Å². The van der Waals surface area contributed by atoms with Gasteiger partial charge in [0, 0.05) is 25.3 Å². The van der Waals surface area contributed by atoms with Gasteiger partial charge >= 0.3 is 0 Å². The van der Waals surface area contributed by atoms with Crippen LogP contribution in [0.4, 0.5) is 5.82 Å². The summed E-state index contributed by atoms with van der Waals surface area (Å²) in [6, 6.07) is 4.24. The Morgan fingerprint density at radius 1 is 1.33 bits per heavy atom. The monoisotopic (exact) mass is 292 g/mol. The molecule has 5 heteroatoms. The smallest absolute Gasteiger partial charge is 0.234 e. The summed E-state index contributed by atoms with van der Waals surface area (Å²) >= 11 is 0. The van der Waals surface area contributed by atoms with E-state index >= 15 is 0 Å². The van der Waals surface area contributed by atoms with Crippen molar-refractivity contribution in [3.05, 3.63) is 23.9 Å². The lowest BCUT2D eigenvalue weighted by Gasteiger charge is -2.20. The number of pyridine rings is 1. The maximum atomic E-state index is 11.8. The standard InChI is InChI=1S/C16H28N4O/c1-5-9-17-15-8-7-14(10-18-15)11-20(6-2)12-16(21)19-13(3)4/h7-8,10,13H,5-6,9,11-12H2,1-4H3,(H,17,18)(H,19,21). The van der Waals surface area contributed by atoms with Gasteiger partial charge in [0.1, 0.15) is 5.82 Å². The van der Waals surface area contributed by atoms with Crippen LogP contribution in [0.25, 0.3) is 0 Å². The van der Waals surface area contributed by atoms with Crippen molar-refractivity contribution >= 4 is 11.7 Å². The normalized spacial score (nSPS) is 11.0. The molecule has 21 heavy (non-hydrogen) atoms. The fourth-order valence-electron chi connectivity index (χ4n) is 1.98. The van der Waals surface area contributed by atoms with Gasteiger partial charge in [0.2, 0.25) is 5.91 Å². The number of amides is 1. The molecule has 1 rings (SSSR count). The first-order valence-electron chi connectivity index (χ1n) is 7.75. The molecule has 0 atom stereocenters. The summed E-state index contributed by atoms with van der Waals surface area (Å²) < 4.78 is 0. The largest absolute Gasteiger partial charge is 0.370 e. The van der Waals surface area contributed by atoms with Crippen LogP contribution in [-0.2, 0) is 11.3 Å². The zero-order valence-corrected chi connectivity index (χ0v) is 13.6. The Bertz CT molecular complexity index is 417. The Balaban J connectivity index is 2.50. The van der Waals surface area contributed by atoms with Gasteiger partial charge in [-0.05, 0) is 38.4 Å². The van der Waals surface area contributed by atoms with E-state index in [1.54, 1.807) is 0 Å². The number of anilines is 1. The van der Waals surface area contributed by atoms with Gasteiger partial charge in [0.25, 0.3) is 0 Å². The van der Waals surface area contributed by atoms with Crippen LogP contribution in [0.2, 0.25) is 0 Å². The molecule has 0 fully saturated rings. The van der Waals surface area contributed by atoms with E-state index in [0.29, 0.717) is 6.54 Å². The molecule has 1 aromatic heterocycles. The SMILES string of the molecule is CCCNc1ccc(CN(CC)CC(=O)NC(C)C)cn1. The molecule has 0 unspecified atom stereocenters. The van der Waals surface area contributed by atoms with Crippen LogP contribution in [-0.4, -0.2) is 41.5 Å². The van der Waals surface area contributed by atoms with Crippen molar-refractivity contribution in [2.75, 3.05) is 25.0 Å². The molecule has 0 aliphatic carbocycles. The highest BCUT2D eigenvalue weighted by atomic mass is 16.2. The number of hydrogen-bond donors (Lipinski definition) is 2. The van der Waals surface area contributed by atoms with Crippen LogP contribution in [0.15, 0.2) is 18.3 Å². The Kier molecular flexibility index (Phi) is 7.75. The molecule has 118 valence electrons. The number of carbonyl (C=O) groups excluding carboxylic acids is 1. The molecule has 0 aliphatic heterocycles. The van der Waals surface area contributed by atoms with Crippen molar-refractivity contribution in [2.24, 2.45) is 0 Å². The highest BCUT2D eigenvalue weighted by molar-refractivity contribution is 5.78. The molecule has 0 saturated carbocycles. The third kappa shape index (κ3) is 7.09. The molecule has 1 aromatic rings. The van der Waals surface area contributed by atoms with Crippen molar-refractivity contribution in [1.82, 2.24) is 15.2 Å². The van der Waals surface area contributed by atoms with E-state index in [2.05, 4.69) is 40.4 Å². The molecule has 0 aliphatic rings. The van der Waals surface area contributed by atoms with Gasteiger partial charge in [-0.25, -0.2) is 4.98 Å². The molecule has 0 aromatic carbocycles. The van der Waals surface area contributed by atoms with Crippen molar-refractivity contribution < 1.29 is 4.79 Å². The van der Waals surface area contributed by atoms with Crippen molar-refractivity contribution in [1.29, 1.82) is 0 Å². The summed E-state index contributed by atoms with van der Waals surface area (Å²) in [6.07, 6.45) is 2.96. The summed E-state index contributed by atoms with van der Waals surface area (Å²) in [5, 5.41) is 6.17. The summed E-state index contributed by atoms with van der Waals surface area (Å²) in [5.74, 6) is 0.974. The third-order valence-corrected chi connectivity index (χ3v) is 3.05. The third-order valence-electron chi connectivity index (χ3n) is 3.05. The summed E-state index contributed by atoms with van der Waals surface area (Å²) in [7, 11) is 0. The summed E-state index contributed by atoms with van der Waals surface area (Å²) in [4.78, 5) is 18.3. The lowest BCUT2D eigenvalue weighted by molar-refractivity contribution is -0.122. The van der Waals surface area contributed by atoms with Crippen molar-refractivity contribution in [2.45, 2.75) is 46.7 Å². The molecule has 1 heterocycles. The zero-order chi connectivity index (χ0) is 15.7. The van der Waals surface area contributed by atoms with E-state index < -0.39 is 0 Å². The lowest BCUT2D eigenvalue weighted by atomic mass is 10.2. The predicted molar refractivity (Wildman–Crippen MR) is 87.2 cm³/mol. The minimum absolute atomic E-state index is 0.0704. The second kappa shape index (κ2) is 9.34. The number of likely N-dealkylation sites (N-methyl/N-ethyl adjacent to an activating group) is 1. The number of nitrogens with zero attached hydrogens (tertiary/aromatic N) is 2. The quantitative estimate of drug-likeness (QED) is 0.733. The molecule has 0 spiro atoms. The van der Waals surface area contributed by atoms with Gasteiger partial charge in [0.05, 0.1) is 6.54 Å². The first kappa shape index (κ1) is 17.4. The maximum absolute atomic E-state index is 11.8. The summed E-state index contributed by atoms with van der Waals surface area (Å²) in [6.45, 7) is 11.1. The zero-order valence-electron chi connectivity index (χ0n) is 13.6. The second-order valence-corrected chi connectivity index (χ2v) is 5.50. The second-order valence-electron chi connectivity index (χ2n) is 5.50. The van der Waals surface area contributed by atoms with Crippen molar-refractivity contribution in [3.8, 4) is 0 Å². The molecular weight excluding hydrogens is 264 g/mol. The van der Waals surface area contributed by atoms with Crippen LogP contribution in [0.1, 0.15) is 39.7 Å². The van der Waals surface area contributed by atoms with Crippen LogP contribution in [0, 0.1) is 0 Å². The summed E-state index contributed by atoms with van der Waals surface area (Å²) in [5.41, 5.74) is 1.12. The molecule has 1 amide bonds. The average Bonchev–Trinajstić information content (AvgIpc) is 2.45. The highest BCUT2D eigenvalue weighted by Crippen LogP contribution is 2.08. The first-order chi connectivity index (χ1) is 10.0. The van der Waals surface area contributed by atoms with E-state index in [1.807, 2.05) is 26.1 Å². The maximum Gasteiger partial charge on any atom is 0.234 e. The van der Waals surface area contributed by atoms with Gasteiger partial charge in [-0.1, -0.05) is 19.9 Å². The number of carbonyl (C=O) groups is 1. The van der Waals surface area contributed by atoms with E-state index in [0.717, 1.165) is 37.4 Å². The van der Waals surface area contributed by atoms with Crippen molar-refractivity contribution in [3.63, 3.8) is 0 Å². The molecule has 0 radical (unpaired) electrons. The molecule has 0 saturated heterocycles. The molecule has 0 bridgehead atoms. The van der Waals surface area contributed by atoms with E-state index in [9.17, 15) is 4.79 Å². The van der Waals surface area contributed by atoms with Crippen LogP contribution >= 0.6 is 0 Å². The average molecular weight is 292 g/mol. The molecule has 2 N–H and O–H groups in total. The van der Waals surface area contributed by atoms with Crippen LogP contribution < -0.4 is 10.6 Å². The molecular formula is C16H28N4O. The molecule has 5 nitrogen and oxygen atoms in total. The van der Waals surface area contributed by atoms with E-state index in [-0.39, 0.29) is 11.9 Å². The Morgan fingerprint density at radius 3 is 2.62 bits per heavy atom. The minimum atomic E-state index is 0.0704. The van der Waals surface area contributed by atoms with Gasteiger partial charge < -0.3 is 10.6 Å². The van der Waals surface area contributed by atoms with E-state index in [1.165, 1.54) is 0 Å². The number of hydrogen-bond acceptors (Lipinski definition) is 4. The Labute approximate surface area is 128 Å². The van der Waals surface area contributed by atoms with Gasteiger partial charge in [0.15, 0.2) is 0 Å². The fourth-order valence-corrected chi connectivity index (χ4v) is 1.98. The highest BCUT2D eigenvalue weighted by Gasteiger charge is 2.10. The fraction of sp³-hybridized carbons (Fsp3) is 0.625.